The predicted octanol–water partition coefficient (Wildman–Crippen LogP) is 4.35. The van der Waals surface area contributed by atoms with Crippen LogP contribution in [0.4, 0.5) is 17.1 Å². The third-order valence-electron chi connectivity index (χ3n) is 5.89. The molecule has 1 aliphatic heterocycles. The van der Waals surface area contributed by atoms with Crippen LogP contribution >= 0.6 is 0 Å². The fourth-order valence-corrected chi connectivity index (χ4v) is 4.40. The van der Waals surface area contributed by atoms with E-state index in [0.717, 1.165) is 33.8 Å². The van der Waals surface area contributed by atoms with Gasteiger partial charge in [-0.15, -0.1) is 0 Å². The van der Waals surface area contributed by atoms with Crippen molar-refractivity contribution in [2.45, 2.75) is 5.60 Å². The number of carbonyl (C=O) groups is 1. The fraction of sp³-hybridized carbons (Fsp3) is 0.269. The monoisotopic (exact) mass is 415 g/mol. The lowest BCUT2D eigenvalue weighted by molar-refractivity contribution is 0.0254. The summed E-state index contributed by atoms with van der Waals surface area (Å²) in [4.78, 5) is 19.4. The molecule has 0 bridgehead atoms. The van der Waals surface area contributed by atoms with E-state index in [9.17, 15) is 4.79 Å². The maximum Gasteiger partial charge on any atom is 0.340 e. The van der Waals surface area contributed by atoms with E-state index < -0.39 is 5.60 Å². The van der Waals surface area contributed by atoms with Gasteiger partial charge in [0.2, 0.25) is 0 Å². The zero-order valence-corrected chi connectivity index (χ0v) is 19.0. The van der Waals surface area contributed by atoms with Crippen LogP contribution in [0.5, 0.6) is 0 Å². The lowest BCUT2D eigenvalue weighted by Crippen LogP contribution is -2.33. The van der Waals surface area contributed by atoms with E-state index in [1.165, 1.54) is 0 Å². The first-order valence-corrected chi connectivity index (χ1v) is 10.4. The van der Waals surface area contributed by atoms with Gasteiger partial charge >= 0.3 is 5.97 Å². The number of cyclic esters (lactones) is 1. The highest BCUT2D eigenvalue weighted by molar-refractivity contribution is 5.98. The highest BCUT2D eigenvalue weighted by Crippen LogP contribution is 2.52. The van der Waals surface area contributed by atoms with Gasteiger partial charge in [0, 0.05) is 76.0 Å². The number of para-hydroxylation sites is 2. The summed E-state index contributed by atoms with van der Waals surface area (Å²) >= 11 is 0. The Labute approximate surface area is 184 Å². The minimum absolute atomic E-state index is 0.305. The lowest BCUT2D eigenvalue weighted by atomic mass is 9.78. The zero-order valence-electron chi connectivity index (χ0n) is 19.0. The summed E-state index contributed by atoms with van der Waals surface area (Å²) in [7, 11) is 12.0. The van der Waals surface area contributed by atoms with Gasteiger partial charge in [-0.25, -0.2) is 4.79 Å². The SMILES string of the molecule is CN(C)c1ccc2c(c1)C(=O)OC2(c1ccccc1N(C)C)c1ccccc1N(C)C. The first kappa shape index (κ1) is 20.8. The van der Waals surface area contributed by atoms with E-state index in [1.54, 1.807) is 0 Å². The van der Waals surface area contributed by atoms with Crippen molar-refractivity contribution >= 4 is 23.0 Å². The van der Waals surface area contributed by atoms with Crippen molar-refractivity contribution in [3.05, 3.63) is 89.0 Å². The summed E-state index contributed by atoms with van der Waals surface area (Å²) in [5.41, 5.74) is 5.30. The number of rotatable bonds is 5. The van der Waals surface area contributed by atoms with Crippen molar-refractivity contribution in [2.75, 3.05) is 57.0 Å². The van der Waals surface area contributed by atoms with Crippen molar-refractivity contribution in [2.24, 2.45) is 0 Å². The molecule has 0 N–H and O–H groups in total. The summed E-state index contributed by atoms with van der Waals surface area (Å²) < 4.78 is 6.40. The Morgan fingerprint density at radius 2 is 1.16 bits per heavy atom. The van der Waals surface area contributed by atoms with Gasteiger partial charge in [-0.05, 0) is 24.3 Å². The summed E-state index contributed by atoms with van der Waals surface area (Å²) in [5, 5.41) is 0. The molecule has 31 heavy (non-hydrogen) atoms. The smallest absolute Gasteiger partial charge is 0.340 e. The Morgan fingerprint density at radius 3 is 1.65 bits per heavy atom. The molecule has 3 aromatic rings. The lowest BCUT2D eigenvalue weighted by Gasteiger charge is -2.36. The van der Waals surface area contributed by atoms with Gasteiger partial charge in [-0.2, -0.15) is 0 Å². The predicted molar refractivity (Wildman–Crippen MR) is 128 cm³/mol. The van der Waals surface area contributed by atoms with E-state index in [2.05, 4.69) is 34.1 Å². The van der Waals surface area contributed by atoms with Crippen molar-refractivity contribution in [1.82, 2.24) is 0 Å². The van der Waals surface area contributed by atoms with Crippen molar-refractivity contribution in [3.8, 4) is 0 Å². The maximum absolute atomic E-state index is 13.3. The highest BCUT2D eigenvalue weighted by Gasteiger charge is 2.51. The molecule has 0 spiro atoms. The number of ether oxygens (including phenoxy) is 1. The van der Waals surface area contributed by atoms with Gasteiger partial charge in [0.1, 0.15) is 0 Å². The van der Waals surface area contributed by atoms with Crippen LogP contribution in [0.2, 0.25) is 0 Å². The Kier molecular flexibility index (Phi) is 5.13. The minimum Gasteiger partial charge on any atom is -0.440 e. The van der Waals surface area contributed by atoms with E-state index in [4.69, 9.17) is 4.74 Å². The summed E-state index contributed by atoms with van der Waals surface area (Å²) in [5.74, 6) is -0.305. The van der Waals surface area contributed by atoms with Crippen LogP contribution in [-0.2, 0) is 10.3 Å². The van der Waals surface area contributed by atoms with E-state index >= 15 is 0 Å². The molecule has 0 saturated carbocycles. The summed E-state index contributed by atoms with van der Waals surface area (Å²) in [6, 6.07) is 22.3. The van der Waals surface area contributed by atoms with Crippen LogP contribution in [0.3, 0.4) is 0 Å². The van der Waals surface area contributed by atoms with Crippen molar-refractivity contribution < 1.29 is 9.53 Å². The zero-order chi connectivity index (χ0) is 22.3. The third-order valence-corrected chi connectivity index (χ3v) is 5.89. The molecule has 1 heterocycles. The van der Waals surface area contributed by atoms with Gasteiger partial charge in [0.05, 0.1) is 5.56 Å². The Morgan fingerprint density at radius 1 is 0.645 bits per heavy atom. The van der Waals surface area contributed by atoms with E-state index in [0.29, 0.717) is 5.56 Å². The normalized spacial score (nSPS) is 14.1. The quantitative estimate of drug-likeness (QED) is 0.579. The second-order valence-corrected chi connectivity index (χ2v) is 8.52. The molecule has 0 aliphatic carbocycles. The number of hydrogen-bond donors (Lipinski definition) is 0. The molecule has 0 radical (unpaired) electrons. The van der Waals surface area contributed by atoms with Gasteiger partial charge in [0.15, 0.2) is 5.60 Å². The number of anilines is 3. The first-order chi connectivity index (χ1) is 14.8. The van der Waals surface area contributed by atoms with Crippen molar-refractivity contribution in [1.29, 1.82) is 0 Å². The van der Waals surface area contributed by atoms with Crippen LogP contribution in [0, 0.1) is 0 Å². The molecule has 4 rings (SSSR count). The van der Waals surface area contributed by atoms with E-state index in [-0.39, 0.29) is 5.97 Å². The number of carbonyl (C=O) groups excluding carboxylic acids is 1. The average molecular weight is 416 g/mol. The Hall–Kier alpha value is -3.47. The Balaban J connectivity index is 2.12. The standard InChI is InChI=1S/C26H29N3O2/c1-27(2)18-15-16-20-19(17-18)25(30)31-26(20,21-11-7-9-13-23(21)28(3)4)22-12-8-10-14-24(22)29(5)6/h7-17H,1-6H3. The first-order valence-electron chi connectivity index (χ1n) is 10.4. The molecule has 1 aliphatic rings. The summed E-state index contributed by atoms with van der Waals surface area (Å²) in [6.07, 6.45) is 0. The van der Waals surface area contributed by atoms with Crippen LogP contribution in [0.15, 0.2) is 66.7 Å². The molecule has 0 atom stereocenters. The molecule has 160 valence electrons. The maximum atomic E-state index is 13.3. The average Bonchev–Trinajstić information content (AvgIpc) is 3.06. The van der Waals surface area contributed by atoms with Gasteiger partial charge in [-0.3, -0.25) is 0 Å². The van der Waals surface area contributed by atoms with Gasteiger partial charge in [0.25, 0.3) is 0 Å². The molecular weight excluding hydrogens is 386 g/mol. The molecule has 5 heteroatoms. The van der Waals surface area contributed by atoms with Crippen LogP contribution in [-0.4, -0.2) is 48.3 Å². The van der Waals surface area contributed by atoms with Crippen LogP contribution in [0.25, 0.3) is 0 Å². The molecule has 0 amide bonds. The molecule has 3 aromatic carbocycles. The second-order valence-electron chi connectivity index (χ2n) is 8.52. The van der Waals surface area contributed by atoms with E-state index in [1.807, 2.05) is 89.7 Å². The minimum atomic E-state index is -1.04. The van der Waals surface area contributed by atoms with Gasteiger partial charge in [-0.1, -0.05) is 42.5 Å². The molecule has 0 unspecified atom stereocenters. The Bertz CT molecular complexity index is 1080. The summed E-state index contributed by atoms with van der Waals surface area (Å²) in [6.45, 7) is 0. The second kappa shape index (κ2) is 7.65. The topological polar surface area (TPSA) is 36.0 Å². The number of fused-ring (bicyclic) bond motifs is 1. The largest absolute Gasteiger partial charge is 0.440 e. The molecule has 0 saturated heterocycles. The molecule has 0 aromatic heterocycles. The van der Waals surface area contributed by atoms with Gasteiger partial charge < -0.3 is 19.4 Å². The fourth-order valence-electron chi connectivity index (χ4n) is 4.40. The molecule has 5 nitrogen and oxygen atoms in total. The highest BCUT2D eigenvalue weighted by atomic mass is 16.6. The number of benzene rings is 3. The van der Waals surface area contributed by atoms with Crippen LogP contribution in [0.1, 0.15) is 27.0 Å². The van der Waals surface area contributed by atoms with Crippen LogP contribution < -0.4 is 14.7 Å². The number of nitrogens with zero attached hydrogens (tertiary/aromatic N) is 3. The molecular formula is C26H29N3O2. The third kappa shape index (κ3) is 3.21. The molecule has 0 fully saturated rings. The number of hydrogen-bond acceptors (Lipinski definition) is 5. The number of esters is 1. The van der Waals surface area contributed by atoms with Crippen molar-refractivity contribution in [3.63, 3.8) is 0 Å².